The largest absolute Gasteiger partial charge is 0.343 e. The van der Waals surface area contributed by atoms with Gasteiger partial charge in [-0.3, -0.25) is 0 Å². The van der Waals surface area contributed by atoms with Crippen molar-refractivity contribution < 1.29 is 2.74 Å². The minimum atomic E-state index is -0.0543. The molecular weight excluding hydrogens is 226 g/mol. The molecule has 0 radical (unpaired) electrons. The smallest absolute Gasteiger partial charge is 0.166 e. The molecule has 0 spiro atoms. The van der Waals surface area contributed by atoms with E-state index in [2.05, 4.69) is 30.9 Å². The molecule has 2 aromatic rings. The summed E-state index contributed by atoms with van der Waals surface area (Å²) in [6.45, 7) is 0. The van der Waals surface area contributed by atoms with Crippen molar-refractivity contribution in [2.45, 2.75) is 0 Å². The molecule has 0 unspecified atom stereocenters. The van der Waals surface area contributed by atoms with Crippen LogP contribution < -0.4 is 0 Å². The second kappa shape index (κ2) is 2.75. The summed E-state index contributed by atoms with van der Waals surface area (Å²) in [6.07, 6.45) is -0.0392. The number of thiazole rings is 1. The van der Waals surface area contributed by atoms with Crippen LogP contribution in [0, 0.1) is 0 Å². The van der Waals surface area contributed by atoms with Gasteiger partial charge in [-0.15, -0.1) is 11.3 Å². The zero-order valence-corrected chi connectivity index (χ0v) is 7.66. The van der Waals surface area contributed by atoms with Gasteiger partial charge in [0.15, 0.2) is 10.8 Å². The van der Waals surface area contributed by atoms with E-state index in [1.807, 2.05) is 5.38 Å². The Labute approximate surface area is 78.5 Å². The average molecular weight is 232 g/mol. The van der Waals surface area contributed by atoms with E-state index in [1.54, 1.807) is 0 Å². The number of rotatable bonds is 1. The maximum atomic E-state index is 7.26. The molecule has 0 bridgehead atoms. The zero-order valence-electron chi connectivity index (χ0n) is 7.26. The predicted molar refractivity (Wildman–Crippen MR) is 47.4 cm³/mol. The van der Waals surface area contributed by atoms with Gasteiger partial charge in [0.1, 0.15) is 4.60 Å². The Hall–Kier alpha value is -0.680. The van der Waals surface area contributed by atoms with Crippen molar-refractivity contribution in [1.82, 2.24) is 15.0 Å². The molecule has 1 N–H and O–H groups in total. The number of nitrogens with one attached hydrogen (secondary N) is 1. The Morgan fingerprint density at radius 1 is 1.73 bits per heavy atom. The van der Waals surface area contributed by atoms with Crippen molar-refractivity contribution >= 4 is 27.3 Å². The molecule has 2 rings (SSSR count). The van der Waals surface area contributed by atoms with Gasteiger partial charge in [-0.25, -0.2) is 9.97 Å². The van der Waals surface area contributed by atoms with E-state index in [1.165, 1.54) is 11.3 Å². The van der Waals surface area contributed by atoms with Gasteiger partial charge in [0.05, 0.1) is 2.74 Å². The first kappa shape index (κ1) is 5.05. The summed E-state index contributed by atoms with van der Waals surface area (Å²) in [5, 5.41) is 2.50. The number of aromatic nitrogens is 3. The van der Waals surface area contributed by atoms with Crippen molar-refractivity contribution in [2.24, 2.45) is 0 Å². The Bertz CT molecular complexity index is 419. The molecule has 0 aliphatic rings. The van der Waals surface area contributed by atoms with Crippen LogP contribution in [0.5, 0.6) is 0 Å². The summed E-state index contributed by atoms with van der Waals surface area (Å²) in [5.74, 6) is 0.478. The maximum Gasteiger partial charge on any atom is 0.166 e. The van der Waals surface area contributed by atoms with Gasteiger partial charge in [0, 0.05) is 17.7 Å². The number of halogens is 1. The van der Waals surface area contributed by atoms with E-state index in [-0.39, 0.29) is 12.3 Å². The first-order chi connectivity index (χ1) is 6.16. The van der Waals surface area contributed by atoms with Gasteiger partial charge in [-0.05, 0) is 15.9 Å². The first-order valence-corrected chi connectivity index (χ1v) is 4.48. The van der Waals surface area contributed by atoms with Crippen LogP contribution in [-0.4, -0.2) is 15.0 Å². The third-order valence-electron chi connectivity index (χ3n) is 1.08. The normalized spacial score (nSPS) is 12.8. The highest BCUT2D eigenvalue weighted by Crippen LogP contribution is 2.22. The average Bonchev–Trinajstić information content (AvgIpc) is 2.61. The van der Waals surface area contributed by atoms with Crippen LogP contribution in [0.3, 0.4) is 0 Å². The van der Waals surface area contributed by atoms with Gasteiger partial charge >= 0.3 is 0 Å². The summed E-state index contributed by atoms with van der Waals surface area (Å²) >= 11 is 4.62. The van der Waals surface area contributed by atoms with Crippen molar-refractivity contribution in [1.29, 1.82) is 0 Å². The Kier molecular flexibility index (Phi) is 1.26. The third kappa shape index (κ3) is 1.34. The fourth-order valence-corrected chi connectivity index (χ4v) is 1.86. The van der Waals surface area contributed by atoms with Crippen LogP contribution in [0.2, 0.25) is 0 Å². The third-order valence-corrected chi connectivity index (χ3v) is 2.64. The SMILES string of the molecule is [2H]c1nc(-c2nc(Br)cs2)[nH]c1[2H]. The molecule has 2 aromatic heterocycles. The van der Waals surface area contributed by atoms with Gasteiger partial charge < -0.3 is 4.98 Å². The number of H-pyrrole nitrogens is 1. The summed E-state index contributed by atoms with van der Waals surface area (Å²) in [4.78, 5) is 10.6. The highest BCUT2D eigenvalue weighted by Gasteiger charge is 2.03. The maximum absolute atomic E-state index is 7.26. The zero-order chi connectivity index (χ0) is 9.42. The topological polar surface area (TPSA) is 41.6 Å². The highest BCUT2D eigenvalue weighted by molar-refractivity contribution is 9.10. The summed E-state index contributed by atoms with van der Waals surface area (Å²) in [6, 6.07) is 0. The molecule has 0 aliphatic carbocycles. The highest BCUT2D eigenvalue weighted by atomic mass is 79.9. The van der Waals surface area contributed by atoms with E-state index in [0.717, 1.165) is 4.60 Å². The molecule has 2 heterocycles. The van der Waals surface area contributed by atoms with Gasteiger partial charge in [0.25, 0.3) is 0 Å². The van der Waals surface area contributed by atoms with Gasteiger partial charge in [-0.1, -0.05) is 0 Å². The second-order valence-electron chi connectivity index (χ2n) is 1.80. The lowest BCUT2D eigenvalue weighted by Gasteiger charge is -1.84. The molecule has 0 aromatic carbocycles. The number of hydrogen-bond donors (Lipinski definition) is 1. The minimum Gasteiger partial charge on any atom is -0.343 e. The summed E-state index contributed by atoms with van der Waals surface area (Å²) in [5.41, 5.74) is 0. The lowest BCUT2D eigenvalue weighted by molar-refractivity contribution is 1.25. The molecule has 56 valence electrons. The monoisotopic (exact) mass is 231 g/mol. The Morgan fingerprint density at radius 3 is 3.18 bits per heavy atom. The van der Waals surface area contributed by atoms with Crippen molar-refractivity contribution in [3.05, 3.63) is 22.3 Å². The van der Waals surface area contributed by atoms with E-state index < -0.39 is 0 Å². The molecule has 0 saturated heterocycles. The van der Waals surface area contributed by atoms with Crippen LogP contribution in [0.4, 0.5) is 0 Å². The van der Waals surface area contributed by atoms with Crippen molar-refractivity contribution in [3.8, 4) is 10.8 Å². The number of imidazole rings is 1. The molecule has 5 heteroatoms. The van der Waals surface area contributed by atoms with Crippen molar-refractivity contribution in [2.75, 3.05) is 0 Å². The number of hydrogen-bond acceptors (Lipinski definition) is 3. The summed E-state index contributed by atoms with van der Waals surface area (Å²) in [7, 11) is 0. The van der Waals surface area contributed by atoms with Crippen molar-refractivity contribution in [3.63, 3.8) is 0 Å². The quantitative estimate of drug-likeness (QED) is 0.819. The molecule has 0 amide bonds. The van der Waals surface area contributed by atoms with Crippen LogP contribution in [0.15, 0.2) is 22.3 Å². The summed E-state index contributed by atoms with van der Waals surface area (Å²) < 4.78 is 15.2. The van der Waals surface area contributed by atoms with Crippen LogP contribution in [0.1, 0.15) is 2.74 Å². The molecule has 0 aliphatic heterocycles. The molecule has 0 saturated carbocycles. The predicted octanol–water partition coefficient (Wildman–Crippen LogP) is 2.30. The standard InChI is InChI=1S/C6H4BrN3S/c7-4-3-11-6(10-4)5-8-1-2-9-5/h1-3H,(H,8,9)/i1D,2D. The van der Waals surface area contributed by atoms with Gasteiger partial charge in [-0.2, -0.15) is 0 Å². The van der Waals surface area contributed by atoms with Crippen LogP contribution in [0.25, 0.3) is 10.8 Å². The molecule has 11 heavy (non-hydrogen) atoms. The lowest BCUT2D eigenvalue weighted by Crippen LogP contribution is -1.76. The van der Waals surface area contributed by atoms with Crippen LogP contribution in [-0.2, 0) is 0 Å². The minimum absolute atomic E-state index is 0.0151. The Morgan fingerprint density at radius 2 is 2.64 bits per heavy atom. The molecule has 3 nitrogen and oxygen atoms in total. The number of aromatic amines is 1. The van der Waals surface area contributed by atoms with Gasteiger partial charge in [0.2, 0.25) is 0 Å². The fourth-order valence-electron chi connectivity index (χ4n) is 0.663. The number of nitrogens with zero attached hydrogens (tertiary/aromatic N) is 2. The van der Waals surface area contributed by atoms with E-state index in [9.17, 15) is 0 Å². The fraction of sp³-hybridized carbons (Fsp3) is 0. The Balaban J connectivity index is 2.46. The molecule has 0 atom stereocenters. The van der Waals surface area contributed by atoms with E-state index in [0.29, 0.717) is 10.8 Å². The van der Waals surface area contributed by atoms with Crippen LogP contribution >= 0.6 is 27.3 Å². The first-order valence-electron chi connectivity index (χ1n) is 3.81. The second-order valence-corrected chi connectivity index (χ2v) is 3.47. The van der Waals surface area contributed by atoms with E-state index in [4.69, 9.17) is 2.74 Å². The van der Waals surface area contributed by atoms with E-state index >= 15 is 0 Å². The lowest BCUT2D eigenvalue weighted by atomic mass is 10.7. The molecular formula is C6H4BrN3S. The molecule has 0 fully saturated rings.